The number of aryl methyl sites for hydroxylation is 1. The average molecular weight is 348 g/mol. The quantitative estimate of drug-likeness (QED) is 0.717. The van der Waals surface area contributed by atoms with E-state index in [4.69, 9.17) is 4.74 Å². The zero-order valence-corrected chi connectivity index (χ0v) is 14.7. The Morgan fingerprint density at radius 2 is 1.64 bits per heavy atom. The summed E-state index contributed by atoms with van der Waals surface area (Å²) >= 11 is 0. The summed E-state index contributed by atoms with van der Waals surface area (Å²) in [5.74, 6) is 0.0945. The number of amides is 2. The van der Waals surface area contributed by atoms with Gasteiger partial charge in [-0.2, -0.15) is 0 Å². The largest absolute Gasteiger partial charge is 0.484 e. The highest BCUT2D eigenvalue weighted by Gasteiger charge is 2.24. The Bertz CT molecular complexity index is 624. The predicted octanol–water partition coefficient (Wildman–Crippen LogP) is 0.998. The van der Waals surface area contributed by atoms with Crippen molar-refractivity contribution < 1.29 is 23.9 Å². The number of carbonyl (C=O) groups is 3. The fourth-order valence-corrected chi connectivity index (χ4v) is 2.62. The van der Waals surface area contributed by atoms with Crippen LogP contribution in [-0.2, 0) is 19.1 Å². The van der Waals surface area contributed by atoms with E-state index in [-0.39, 0.29) is 31.3 Å². The molecule has 1 fully saturated rings. The van der Waals surface area contributed by atoms with Crippen LogP contribution in [0.1, 0.15) is 18.4 Å². The molecule has 0 aliphatic carbocycles. The third-order valence-electron chi connectivity index (χ3n) is 4.11. The Hall–Kier alpha value is -2.57. The molecule has 1 heterocycles. The lowest BCUT2D eigenvalue weighted by atomic mass is 10.2. The first-order valence-corrected chi connectivity index (χ1v) is 8.31. The van der Waals surface area contributed by atoms with E-state index in [9.17, 15) is 14.4 Å². The van der Waals surface area contributed by atoms with Gasteiger partial charge in [0.25, 0.3) is 5.91 Å². The first kappa shape index (κ1) is 18.8. The van der Waals surface area contributed by atoms with Gasteiger partial charge in [-0.3, -0.25) is 14.4 Å². The third-order valence-corrected chi connectivity index (χ3v) is 4.11. The number of ether oxygens (including phenoxy) is 2. The van der Waals surface area contributed by atoms with Crippen LogP contribution in [0.2, 0.25) is 0 Å². The molecular formula is C18H24N2O5. The lowest BCUT2D eigenvalue weighted by molar-refractivity contribution is -0.145. The molecule has 0 radical (unpaired) electrons. The van der Waals surface area contributed by atoms with Gasteiger partial charge in [-0.1, -0.05) is 12.1 Å². The summed E-state index contributed by atoms with van der Waals surface area (Å²) in [7, 11) is 1.30. The highest BCUT2D eigenvalue weighted by Crippen LogP contribution is 2.13. The topological polar surface area (TPSA) is 76.2 Å². The van der Waals surface area contributed by atoms with Gasteiger partial charge in [0, 0.05) is 32.6 Å². The van der Waals surface area contributed by atoms with Crippen molar-refractivity contribution in [2.75, 3.05) is 39.9 Å². The van der Waals surface area contributed by atoms with E-state index in [1.807, 2.05) is 31.2 Å². The van der Waals surface area contributed by atoms with Crippen LogP contribution in [0.15, 0.2) is 24.3 Å². The number of hydrogen-bond donors (Lipinski definition) is 0. The second kappa shape index (κ2) is 9.05. The normalized spacial score (nSPS) is 14.2. The summed E-state index contributed by atoms with van der Waals surface area (Å²) in [6, 6.07) is 7.54. The van der Waals surface area contributed by atoms with E-state index in [2.05, 4.69) is 4.74 Å². The van der Waals surface area contributed by atoms with E-state index in [0.29, 0.717) is 31.9 Å². The molecule has 0 aromatic heterocycles. The molecule has 1 aliphatic rings. The highest BCUT2D eigenvalue weighted by atomic mass is 16.5. The number of esters is 1. The van der Waals surface area contributed by atoms with Crippen LogP contribution in [0.3, 0.4) is 0 Å². The standard InChI is InChI=1S/C18H24N2O5/c1-14-4-3-5-15(12-14)25-13-17(22)20-10-8-19(9-11-20)16(21)6-7-18(23)24-2/h3-5,12H,6-11,13H2,1-2H3. The Labute approximate surface area is 147 Å². The molecule has 2 rings (SSSR count). The van der Waals surface area contributed by atoms with Crippen LogP contribution >= 0.6 is 0 Å². The van der Waals surface area contributed by atoms with Crippen LogP contribution < -0.4 is 4.74 Å². The number of rotatable bonds is 6. The molecular weight excluding hydrogens is 324 g/mol. The summed E-state index contributed by atoms with van der Waals surface area (Å²) in [4.78, 5) is 38.7. The van der Waals surface area contributed by atoms with Crippen molar-refractivity contribution in [2.24, 2.45) is 0 Å². The van der Waals surface area contributed by atoms with E-state index >= 15 is 0 Å². The molecule has 0 spiro atoms. The molecule has 0 bridgehead atoms. The van der Waals surface area contributed by atoms with Gasteiger partial charge in [-0.25, -0.2) is 0 Å². The first-order chi connectivity index (χ1) is 12.0. The van der Waals surface area contributed by atoms with Gasteiger partial charge in [-0.05, 0) is 24.6 Å². The monoisotopic (exact) mass is 348 g/mol. The summed E-state index contributed by atoms with van der Waals surface area (Å²) < 4.78 is 10.1. The Morgan fingerprint density at radius 3 is 2.24 bits per heavy atom. The minimum atomic E-state index is -0.393. The number of carbonyl (C=O) groups excluding carboxylic acids is 3. The average Bonchev–Trinajstić information content (AvgIpc) is 2.64. The first-order valence-electron chi connectivity index (χ1n) is 8.31. The van der Waals surface area contributed by atoms with Gasteiger partial charge >= 0.3 is 5.97 Å². The van der Waals surface area contributed by atoms with Crippen LogP contribution in [0.5, 0.6) is 5.75 Å². The zero-order valence-electron chi connectivity index (χ0n) is 14.7. The maximum Gasteiger partial charge on any atom is 0.306 e. The number of methoxy groups -OCH3 is 1. The molecule has 1 aromatic carbocycles. The molecule has 2 amide bonds. The zero-order chi connectivity index (χ0) is 18.2. The van der Waals surface area contributed by atoms with Crippen molar-refractivity contribution in [1.82, 2.24) is 9.80 Å². The van der Waals surface area contributed by atoms with Gasteiger partial charge in [-0.15, -0.1) is 0 Å². The van der Waals surface area contributed by atoms with Crippen LogP contribution in [0.4, 0.5) is 0 Å². The predicted molar refractivity (Wildman–Crippen MR) is 91.1 cm³/mol. The van der Waals surface area contributed by atoms with Gasteiger partial charge < -0.3 is 19.3 Å². The lowest BCUT2D eigenvalue weighted by Crippen LogP contribution is -2.51. The maximum absolute atomic E-state index is 12.2. The Kier molecular flexibility index (Phi) is 6.80. The third kappa shape index (κ3) is 5.77. The van der Waals surface area contributed by atoms with Crippen molar-refractivity contribution in [1.29, 1.82) is 0 Å². The molecule has 1 aromatic rings. The molecule has 0 saturated carbocycles. The van der Waals surface area contributed by atoms with Gasteiger partial charge in [0.05, 0.1) is 13.5 Å². The minimum Gasteiger partial charge on any atom is -0.484 e. The lowest BCUT2D eigenvalue weighted by Gasteiger charge is -2.34. The fraction of sp³-hybridized carbons (Fsp3) is 0.500. The smallest absolute Gasteiger partial charge is 0.306 e. The fourth-order valence-electron chi connectivity index (χ4n) is 2.62. The molecule has 25 heavy (non-hydrogen) atoms. The molecule has 7 nitrogen and oxygen atoms in total. The number of hydrogen-bond acceptors (Lipinski definition) is 5. The Balaban J connectivity index is 1.72. The second-order valence-electron chi connectivity index (χ2n) is 5.94. The minimum absolute atomic E-state index is 0.0141. The summed E-state index contributed by atoms with van der Waals surface area (Å²) in [5.41, 5.74) is 1.07. The number of piperazine rings is 1. The van der Waals surface area contributed by atoms with Crippen molar-refractivity contribution in [3.63, 3.8) is 0 Å². The van der Waals surface area contributed by atoms with Crippen LogP contribution in [-0.4, -0.2) is 67.5 Å². The van der Waals surface area contributed by atoms with Crippen molar-refractivity contribution in [3.8, 4) is 5.75 Å². The second-order valence-corrected chi connectivity index (χ2v) is 5.94. The number of nitrogens with zero attached hydrogens (tertiary/aromatic N) is 2. The van der Waals surface area contributed by atoms with Gasteiger partial charge in [0.2, 0.25) is 5.91 Å². The van der Waals surface area contributed by atoms with Crippen LogP contribution in [0, 0.1) is 6.92 Å². The van der Waals surface area contributed by atoms with E-state index in [1.54, 1.807) is 9.80 Å². The Morgan fingerprint density at radius 1 is 1.00 bits per heavy atom. The highest BCUT2D eigenvalue weighted by molar-refractivity contribution is 5.82. The van der Waals surface area contributed by atoms with E-state index in [0.717, 1.165) is 5.56 Å². The molecule has 0 unspecified atom stereocenters. The molecule has 1 saturated heterocycles. The molecule has 7 heteroatoms. The number of benzene rings is 1. The molecule has 136 valence electrons. The maximum atomic E-state index is 12.2. The summed E-state index contributed by atoms with van der Waals surface area (Å²) in [6.45, 7) is 3.83. The summed E-state index contributed by atoms with van der Waals surface area (Å²) in [5, 5.41) is 0. The van der Waals surface area contributed by atoms with E-state index in [1.165, 1.54) is 7.11 Å². The molecule has 1 aliphatic heterocycles. The van der Waals surface area contributed by atoms with Crippen LogP contribution in [0.25, 0.3) is 0 Å². The molecule has 0 atom stereocenters. The summed E-state index contributed by atoms with van der Waals surface area (Å²) in [6.07, 6.45) is 0.218. The molecule has 0 N–H and O–H groups in total. The van der Waals surface area contributed by atoms with Gasteiger partial charge in [0.1, 0.15) is 5.75 Å². The van der Waals surface area contributed by atoms with Crippen molar-refractivity contribution in [2.45, 2.75) is 19.8 Å². The van der Waals surface area contributed by atoms with Gasteiger partial charge in [0.15, 0.2) is 6.61 Å². The SMILES string of the molecule is COC(=O)CCC(=O)N1CCN(C(=O)COc2cccc(C)c2)CC1. The van der Waals surface area contributed by atoms with Crippen molar-refractivity contribution >= 4 is 17.8 Å². The van der Waals surface area contributed by atoms with Crippen molar-refractivity contribution in [3.05, 3.63) is 29.8 Å². The van der Waals surface area contributed by atoms with E-state index < -0.39 is 5.97 Å².